The van der Waals surface area contributed by atoms with Crippen molar-refractivity contribution in [2.24, 2.45) is 5.92 Å². The number of aryl methyl sites for hydroxylation is 1. The van der Waals surface area contributed by atoms with E-state index in [1.54, 1.807) is 24.3 Å². The van der Waals surface area contributed by atoms with Crippen LogP contribution in [0.15, 0.2) is 104 Å². The van der Waals surface area contributed by atoms with Gasteiger partial charge in [-0.05, 0) is 61.3 Å². The van der Waals surface area contributed by atoms with Crippen molar-refractivity contribution in [2.75, 3.05) is 0 Å². The van der Waals surface area contributed by atoms with Crippen LogP contribution in [0.2, 0.25) is 0 Å². The lowest BCUT2D eigenvalue weighted by molar-refractivity contribution is 0.624. The second kappa shape index (κ2) is 14.1. The summed E-state index contributed by atoms with van der Waals surface area (Å²) in [6, 6.07) is 10.8. The Labute approximate surface area is 243 Å². The zero-order valence-corrected chi connectivity index (χ0v) is 24.9. The molecular formula is C35H40FN5. The largest absolute Gasteiger partial charge is 0.359 e. The van der Waals surface area contributed by atoms with Crippen molar-refractivity contribution in [3.8, 4) is 11.4 Å². The Morgan fingerprint density at radius 2 is 1.83 bits per heavy atom. The Morgan fingerprint density at radius 3 is 2.46 bits per heavy atom. The van der Waals surface area contributed by atoms with Crippen LogP contribution >= 0.6 is 0 Å². The minimum Gasteiger partial charge on any atom is -0.359 e. The molecule has 0 amide bonds. The van der Waals surface area contributed by atoms with Gasteiger partial charge in [-0.1, -0.05) is 83.9 Å². The molecule has 0 bridgehead atoms. The molecule has 0 aliphatic rings. The molecule has 212 valence electrons. The fraction of sp³-hybridized carbons (Fsp3) is 0.200. The number of fused-ring (bicyclic) bond motifs is 1. The summed E-state index contributed by atoms with van der Waals surface area (Å²) in [5, 5.41) is 11.8. The van der Waals surface area contributed by atoms with Crippen LogP contribution in [0.25, 0.3) is 33.6 Å². The van der Waals surface area contributed by atoms with Gasteiger partial charge in [0.25, 0.3) is 0 Å². The first kappa shape index (κ1) is 30.8. The number of hydrogen-bond donors (Lipinski definition) is 3. The summed E-state index contributed by atoms with van der Waals surface area (Å²) in [6.07, 6.45) is 11.1. The Morgan fingerprint density at radius 1 is 1.10 bits per heavy atom. The molecule has 4 rings (SSSR count). The smallest absolute Gasteiger partial charge is 0.181 e. The summed E-state index contributed by atoms with van der Waals surface area (Å²) in [5.74, 6) is 0.00847. The summed E-state index contributed by atoms with van der Waals surface area (Å²) < 4.78 is 14.7. The average molecular weight is 550 g/mol. The lowest BCUT2D eigenvalue weighted by Crippen LogP contribution is -2.14. The van der Waals surface area contributed by atoms with Crippen LogP contribution in [0.5, 0.6) is 0 Å². The standard InChI is InChI=1S/C33H34FN5.C2H6/c1-8-13-26(27-14-11-12-15-30(27)34)28-18-31(37-22(28)7)32-29-17-24(19-35-33(29)39-38-32)23(9-2)16-25(10-3)36-21(6)20(4)5;1-2/h8-20,36-37H,1,3,6H2,2,4-5,7H3,(H,35,38,39);1-2H3/b23-9+,25-16+,26-13-;. The molecule has 4 aromatic rings. The maximum absolute atomic E-state index is 14.7. The third-order valence-electron chi connectivity index (χ3n) is 6.61. The maximum Gasteiger partial charge on any atom is 0.181 e. The van der Waals surface area contributed by atoms with Crippen molar-refractivity contribution in [1.29, 1.82) is 0 Å². The lowest BCUT2D eigenvalue weighted by atomic mass is 9.97. The predicted octanol–water partition coefficient (Wildman–Crippen LogP) is 9.28. The summed E-state index contributed by atoms with van der Waals surface area (Å²) >= 11 is 0. The number of hydrogen-bond acceptors (Lipinski definition) is 3. The van der Waals surface area contributed by atoms with Crippen molar-refractivity contribution in [1.82, 2.24) is 25.5 Å². The van der Waals surface area contributed by atoms with Gasteiger partial charge in [0.1, 0.15) is 5.82 Å². The average Bonchev–Trinajstić information content (AvgIpc) is 3.58. The summed E-state index contributed by atoms with van der Waals surface area (Å²) in [4.78, 5) is 8.05. The summed E-state index contributed by atoms with van der Waals surface area (Å²) in [7, 11) is 0. The molecule has 3 N–H and O–H groups in total. The molecule has 0 fully saturated rings. The van der Waals surface area contributed by atoms with Crippen molar-refractivity contribution < 1.29 is 4.39 Å². The van der Waals surface area contributed by atoms with Gasteiger partial charge in [0.05, 0.1) is 11.4 Å². The second-order valence-electron chi connectivity index (χ2n) is 9.56. The number of aromatic amines is 2. The number of halogens is 1. The Bertz CT molecular complexity index is 1640. The van der Waals surface area contributed by atoms with E-state index >= 15 is 0 Å². The molecule has 0 saturated carbocycles. The first-order chi connectivity index (χ1) is 19.8. The number of allylic oxidation sites excluding steroid dienone is 7. The van der Waals surface area contributed by atoms with Crippen molar-refractivity contribution in [3.05, 3.63) is 132 Å². The first-order valence-corrected chi connectivity index (χ1v) is 13.9. The number of benzene rings is 1. The van der Waals surface area contributed by atoms with Crippen LogP contribution in [0.4, 0.5) is 4.39 Å². The van der Waals surface area contributed by atoms with Crippen molar-refractivity contribution in [2.45, 2.75) is 41.5 Å². The highest BCUT2D eigenvalue weighted by Gasteiger charge is 2.18. The summed E-state index contributed by atoms with van der Waals surface area (Å²) in [5.41, 5.74) is 8.97. The van der Waals surface area contributed by atoms with Crippen LogP contribution < -0.4 is 5.32 Å². The third-order valence-corrected chi connectivity index (χ3v) is 6.61. The molecule has 6 heteroatoms. The first-order valence-electron chi connectivity index (χ1n) is 13.9. The van der Waals surface area contributed by atoms with Crippen molar-refractivity contribution in [3.63, 3.8) is 0 Å². The SMILES string of the molecule is C=C/C=C(/c1ccccc1F)c1cc(-c2[nH]nc3ncc(C(/C=C(\C=C)NC(=C)C(C)C)=C/C)cc23)[nH]c1C.CC. The van der Waals surface area contributed by atoms with Gasteiger partial charge in [-0.3, -0.25) is 5.10 Å². The number of nitrogens with zero attached hydrogens (tertiary/aromatic N) is 2. The van der Waals surface area contributed by atoms with Crippen LogP contribution in [0.3, 0.4) is 0 Å². The van der Waals surface area contributed by atoms with Gasteiger partial charge in [0.15, 0.2) is 5.65 Å². The molecule has 3 heterocycles. The third kappa shape index (κ3) is 6.90. The Kier molecular flexibility index (Phi) is 10.6. The van der Waals surface area contributed by atoms with E-state index in [0.29, 0.717) is 17.1 Å². The zero-order chi connectivity index (χ0) is 30.1. The minimum absolute atomic E-state index is 0.286. The van der Waals surface area contributed by atoms with E-state index in [-0.39, 0.29) is 5.82 Å². The number of H-pyrrole nitrogens is 2. The van der Waals surface area contributed by atoms with Crippen molar-refractivity contribution >= 4 is 22.2 Å². The molecule has 41 heavy (non-hydrogen) atoms. The molecule has 0 spiro atoms. The Hall–Kier alpha value is -4.71. The van der Waals surface area contributed by atoms with Gasteiger partial charge in [-0.15, -0.1) is 0 Å². The van der Waals surface area contributed by atoms with E-state index in [2.05, 4.69) is 65.1 Å². The molecule has 0 atom stereocenters. The quantitative estimate of drug-likeness (QED) is 0.173. The van der Waals surface area contributed by atoms with Gasteiger partial charge in [-0.2, -0.15) is 5.10 Å². The molecule has 0 aliphatic carbocycles. The van der Waals surface area contributed by atoms with E-state index in [1.807, 2.05) is 64.3 Å². The molecule has 1 aromatic carbocycles. The highest BCUT2D eigenvalue weighted by molar-refractivity contribution is 5.94. The number of pyridine rings is 1. The lowest BCUT2D eigenvalue weighted by Gasteiger charge is -2.14. The Balaban J connectivity index is 0.00000226. The van der Waals surface area contributed by atoms with Gasteiger partial charge >= 0.3 is 0 Å². The molecule has 0 aliphatic heterocycles. The monoisotopic (exact) mass is 549 g/mol. The van der Waals surface area contributed by atoms with E-state index in [9.17, 15) is 4.39 Å². The molecule has 0 unspecified atom stereocenters. The van der Waals surface area contributed by atoms with Crippen LogP contribution in [0.1, 0.15) is 57.0 Å². The molecule has 5 nitrogen and oxygen atoms in total. The maximum atomic E-state index is 14.7. The van der Waals surface area contributed by atoms with Crippen LogP contribution in [-0.4, -0.2) is 20.2 Å². The highest BCUT2D eigenvalue weighted by Crippen LogP contribution is 2.34. The molecule has 0 radical (unpaired) electrons. The molecule has 0 saturated heterocycles. The van der Waals surface area contributed by atoms with E-state index < -0.39 is 0 Å². The summed E-state index contributed by atoms with van der Waals surface area (Å²) in [6.45, 7) is 24.0. The normalized spacial score (nSPS) is 12.2. The number of aromatic nitrogens is 4. The number of nitrogens with one attached hydrogen (secondary N) is 3. The van der Waals surface area contributed by atoms with E-state index in [1.165, 1.54) is 6.07 Å². The van der Waals surface area contributed by atoms with Crippen LogP contribution in [-0.2, 0) is 0 Å². The minimum atomic E-state index is -0.286. The molecule has 3 aromatic heterocycles. The highest BCUT2D eigenvalue weighted by atomic mass is 19.1. The van der Waals surface area contributed by atoms with Gasteiger partial charge < -0.3 is 10.3 Å². The second-order valence-corrected chi connectivity index (χ2v) is 9.56. The predicted molar refractivity (Wildman–Crippen MR) is 172 cm³/mol. The van der Waals surface area contributed by atoms with E-state index in [4.69, 9.17) is 0 Å². The number of rotatable bonds is 10. The fourth-order valence-electron chi connectivity index (χ4n) is 4.33. The van der Waals surface area contributed by atoms with Crippen LogP contribution in [0, 0.1) is 18.7 Å². The van der Waals surface area contributed by atoms with Gasteiger partial charge in [0.2, 0.25) is 0 Å². The molecular weight excluding hydrogens is 509 g/mol. The zero-order valence-electron chi connectivity index (χ0n) is 24.9. The topological polar surface area (TPSA) is 69.4 Å². The van der Waals surface area contributed by atoms with E-state index in [0.717, 1.165) is 56.1 Å². The van der Waals surface area contributed by atoms with Gasteiger partial charge in [-0.25, -0.2) is 9.37 Å². The van der Waals surface area contributed by atoms with Gasteiger partial charge in [0, 0.05) is 45.4 Å². The fourth-order valence-corrected chi connectivity index (χ4v) is 4.33.